The number of rotatable bonds is 5. The van der Waals surface area contributed by atoms with Crippen molar-refractivity contribution in [3.05, 3.63) is 52.6 Å². The Morgan fingerprint density at radius 1 is 1.25 bits per heavy atom. The Morgan fingerprint density at radius 3 is 2.75 bits per heavy atom. The van der Waals surface area contributed by atoms with E-state index in [0.717, 1.165) is 10.0 Å². The molecule has 0 radical (unpaired) electrons. The Kier molecular flexibility index (Phi) is 4.74. The zero-order valence-corrected chi connectivity index (χ0v) is 13.2. The first kappa shape index (κ1) is 15.0. The lowest BCUT2D eigenvalue weighted by Gasteiger charge is -2.10. The number of hydrogen-bond donors (Lipinski definition) is 2. The van der Waals surface area contributed by atoms with E-state index >= 15 is 0 Å². The van der Waals surface area contributed by atoms with Gasteiger partial charge < -0.3 is 5.32 Å². The number of benzene rings is 1. The highest BCUT2D eigenvalue weighted by Gasteiger charge is 2.18. The van der Waals surface area contributed by atoms with Gasteiger partial charge in [0.2, 0.25) is 10.0 Å². The average Bonchev–Trinajstić information content (AvgIpc) is 2.45. The van der Waals surface area contributed by atoms with E-state index in [9.17, 15) is 8.42 Å². The summed E-state index contributed by atoms with van der Waals surface area (Å²) in [5.41, 5.74) is 0.873. The summed E-state index contributed by atoms with van der Waals surface area (Å²) in [5, 5.41) is 2.77. The molecule has 2 aromatic rings. The number of nitrogens with zero attached hydrogens (tertiary/aromatic N) is 1. The molecule has 0 unspecified atom stereocenters. The summed E-state index contributed by atoms with van der Waals surface area (Å²) in [6, 6.07) is 10.6. The maximum Gasteiger partial charge on any atom is 0.244 e. The summed E-state index contributed by atoms with van der Waals surface area (Å²) < 4.78 is 28.0. The van der Waals surface area contributed by atoms with Crippen LogP contribution in [0.25, 0.3) is 0 Å². The van der Waals surface area contributed by atoms with Crippen LogP contribution in [-0.4, -0.2) is 20.4 Å². The third-order valence-corrected chi connectivity index (χ3v) is 4.58. The molecular weight excluding hydrogens is 342 g/mol. The summed E-state index contributed by atoms with van der Waals surface area (Å²) in [4.78, 5) is 4.13. The zero-order valence-electron chi connectivity index (χ0n) is 10.8. The van der Waals surface area contributed by atoms with Crippen LogP contribution in [0, 0.1) is 0 Å². The smallest absolute Gasteiger partial charge is 0.244 e. The quantitative estimate of drug-likeness (QED) is 0.863. The molecule has 5 nitrogen and oxygen atoms in total. The van der Waals surface area contributed by atoms with Crippen LogP contribution in [0.4, 0.5) is 5.82 Å². The van der Waals surface area contributed by atoms with Crippen molar-refractivity contribution in [2.24, 2.45) is 0 Å². The number of aromatic nitrogens is 1. The molecule has 1 aromatic heterocycles. The Hall–Kier alpha value is -1.44. The van der Waals surface area contributed by atoms with Crippen molar-refractivity contribution in [1.29, 1.82) is 0 Å². The topological polar surface area (TPSA) is 71.1 Å². The SMILES string of the molecule is CNc1ncccc1S(=O)(=O)NCc1cccc(Br)c1. The molecule has 0 fully saturated rings. The fraction of sp³-hybridized carbons (Fsp3) is 0.154. The molecule has 1 aromatic carbocycles. The van der Waals surface area contributed by atoms with Crippen molar-refractivity contribution in [3.63, 3.8) is 0 Å². The summed E-state index contributed by atoms with van der Waals surface area (Å²) >= 11 is 3.35. The molecule has 0 aliphatic rings. The van der Waals surface area contributed by atoms with Crippen LogP contribution in [0.3, 0.4) is 0 Å². The second-order valence-corrected chi connectivity index (χ2v) is 6.71. The maximum absolute atomic E-state index is 12.3. The van der Waals surface area contributed by atoms with Gasteiger partial charge in [-0.05, 0) is 29.8 Å². The van der Waals surface area contributed by atoms with Crippen molar-refractivity contribution >= 4 is 31.8 Å². The molecule has 0 saturated heterocycles. The molecule has 0 saturated carbocycles. The molecule has 0 spiro atoms. The summed E-state index contributed by atoms with van der Waals surface area (Å²) in [6.45, 7) is 0.222. The fourth-order valence-electron chi connectivity index (χ4n) is 1.70. The summed E-state index contributed by atoms with van der Waals surface area (Å²) in [6.07, 6.45) is 1.54. The standard InChI is InChI=1S/C13H14BrN3O2S/c1-15-13-12(6-3-7-16-13)20(18,19)17-9-10-4-2-5-11(14)8-10/h2-8,17H,9H2,1H3,(H,15,16). The molecule has 2 rings (SSSR count). The molecule has 20 heavy (non-hydrogen) atoms. The molecule has 106 valence electrons. The van der Waals surface area contributed by atoms with Crippen LogP contribution in [0.1, 0.15) is 5.56 Å². The predicted octanol–water partition coefficient (Wildman–Crippen LogP) is 2.36. The Balaban J connectivity index is 2.19. The van der Waals surface area contributed by atoms with E-state index in [1.54, 1.807) is 19.3 Å². The summed E-state index contributed by atoms with van der Waals surface area (Å²) in [7, 11) is -1.97. The van der Waals surface area contributed by atoms with E-state index in [-0.39, 0.29) is 11.4 Å². The number of sulfonamides is 1. The predicted molar refractivity (Wildman–Crippen MR) is 82.0 cm³/mol. The van der Waals surface area contributed by atoms with Gasteiger partial charge in [-0.15, -0.1) is 0 Å². The minimum absolute atomic E-state index is 0.137. The van der Waals surface area contributed by atoms with Crippen molar-refractivity contribution in [3.8, 4) is 0 Å². The third kappa shape index (κ3) is 3.56. The van der Waals surface area contributed by atoms with Gasteiger partial charge in [-0.3, -0.25) is 0 Å². The molecule has 0 amide bonds. The van der Waals surface area contributed by atoms with Gasteiger partial charge in [0.15, 0.2) is 0 Å². The Labute approximate surface area is 126 Å². The number of pyridine rings is 1. The lowest BCUT2D eigenvalue weighted by atomic mass is 10.2. The molecule has 0 atom stereocenters. The second kappa shape index (κ2) is 6.34. The average molecular weight is 356 g/mol. The minimum Gasteiger partial charge on any atom is -0.372 e. The van der Waals surface area contributed by atoms with Crippen molar-refractivity contribution < 1.29 is 8.42 Å². The van der Waals surface area contributed by atoms with Gasteiger partial charge in [0.1, 0.15) is 10.7 Å². The third-order valence-electron chi connectivity index (χ3n) is 2.65. The zero-order chi connectivity index (χ0) is 14.6. The van der Waals surface area contributed by atoms with Crippen LogP contribution in [-0.2, 0) is 16.6 Å². The van der Waals surface area contributed by atoms with Gasteiger partial charge in [0.05, 0.1) is 0 Å². The highest BCUT2D eigenvalue weighted by atomic mass is 79.9. The fourth-order valence-corrected chi connectivity index (χ4v) is 3.32. The van der Waals surface area contributed by atoms with E-state index < -0.39 is 10.0 Å². The van der Waals surface area contributed by atoms with Gasteiger partial charge >= 0.3 is 0 Å². The normalized spacial score (nSPS) is 11.3. The van der Waals surface area contributed by atoms with Gasteiger partial charge in [-0.2, -0.15) is 0 Å². The van der Waals surface area contributed by atoms with Crippen molar-refractivity contribution in [2.45, 2.75) is 11.4 Å². The first-order valence-electron chi connectivity index (χ1n) is 5.90. The molecule has 0 aliphatic heterocycles. The van der Waals surface area contributed by atoms with Crippen LogP contribution < -0.4 is 10.0 Å². The van der Waals surface area contributed by atoms with Crippen LogP contribution in [0.2, 0.25) is 0 Å². The number of halogens is 1. The lowest BCUT2D eigenvalue weighted by molar-refractivity contribution is 0.581. The van der Waals surface area contributed by atoms with E-state index in [1.807, 2.05) is 24.3 Å². The molecule has 7 heteroatoms. The molecule has 1 heterocycles. The molecular formula is C13H14BrN3O2S. The van der Waals surface area contributed by atoms with E-state index in [2.05, 4.69) is 31.0 Å². The minimum atomic E-state index is -3.60. The Bertz CT molecular complexity index is 704. The molecule has 2 N–H and O–H groups in total. The van der Waals surface area contributed by atoms with Gasteiger partial charge in [0, 0.05) is 24.3 Å². The monoisotopic (exact) mass is 355 g/mol. The second-order valence-electron chi connectivity index (χ2n) is 4.05. The van der Waals surface area contributed by atoms with Crippen LogP contribution >= 0.6 is 15.9 Å². The number of hydrogen-bond acceptors (Lipinski definition) is 4. The number of anilines is 1. The van der Waals surface area contributed by atoms with Crippen LogP contribution in [0.15, 0.2) is 52.0 Å². The van der Waals surface area contributed by atoms with Gasteiger partial charge in [-0.1, -0.05) is 28.1 Å². The molecule has 0 aliphatic carbocycles. The first-order valence-corrected chi connectivity index (χ1v) is 8.17. The van der Waals surface area contributed by atoms with Crippen molar-refractivity contribution in [2.75, 3.05) is 12.4 Å². The van der Waals surface area contributed by atoms with Gasteiger partial charge in [0.25, 0.3) is 0 Å². The van der Waals surface area contributed by atoms with E-state index in [0.29, 0.717) is 5.82 Å². The van der Waals surface area contributed by atoms with Gasteiger partial charge in [-0.25, -0.2) is 18.1 Å². The van der Waals surface area contributed by atoms with E-state index in [1.165, 1.54) is 6.07 Å². The maximum atomic E-state index is 12.3. The highest BCUT2D eigenvalue weighted by Crippen LogP contribution is 2.18. The largest absolute Gasteiger partial charge is 0.372 e. The first-order chi connectivity index (χ1) is 9.53. The molecule has 0 bridgehead atoms. The highest BCUT2D eigenvalue weighted by molar-refractivity contribution is 9.10. The van der Waals surface area contributed by atoms with E-state index in [4.69, 9.17) is 0 Å². The summed E-state index contributed by atoms with van der Waals surface area (Å²) in [5.74, 6) is 0.328. The van der Waals surface area contributed by atoms with Crippen LogP contribution in [0.5, 0.6) is 0 Å². The lowest BCUT2D eigenvalue weighted by Crippen LogP contribution is -2.24. The number of nitrogens with one attached hydrogen (secondary N) is 2. The van der Waals surface area contributed by atoms with Crippen molar-refractivity contribution in [1.82, 2.24) is 9.71 Å². The Morgan fingerprint density at radius 2 is 2.05 bits per heavy atom.